The zero-order valence-electron chi connectivity index (χ0n) is 16.4. The molecule has 2 atom stereocenters. The number of halogens is 3. The van der Waals surface area contributed by atoms with Crippen LogP contribution in [0.2, 0.25) is 0 Å². The lowest BCUT2D eigenvalue weighted by atomic mass is 9.82. The Hall–Kier alpha value is -2.67. The fraction of sp³-hybridized carbons (Fsp3) is 0.304. The number of nitrogens with zero attached hydrogens (tertiary/aromatic N) is 2. The molecule has 1 aliphatic carbocycles. The van der Waals surface area contributed by atoms with Gasteiger partial charge in [-0.05, 0) is 42.7 Å². The number of benzene rings is 2. The van der Waals surface area contributed by atoms with Crippen molar-refractivity contribution in [2.24, 2.45) is 5.92 Å². The SMILES string of the molecule is CN(Cc1ccc(C(F)(F)F)cc1)C(=O)[C@H]1CC=CC[C@H]1c1nc2ccccc2s1. The third kappa shape index (κ3) is 4.26. The topological polar surface area (TPSA) is 33.2 Å². The molecule has 1 aromatic heterocycles. The van der Waals surface area contributed by atoms with Gasteiger partial charge >= 0.3 is 6.18 Å². The normalized spacial score (nSPS) is 19.2. The standard InChI is InChI=1S/C23H21F3N2OS/c1-28(14-15-10-12-16(13-11-15)23(24,25)26)22(29)18-7-3-2-6-17(18)21-27-19-8-4-5-9-20(19)30-21/h2-5,8-13,17-18H,6-7,14H2,1H3/t17-,18+/m1/s1. The largest absolute Gasteiger partial charge is 0.416 e. The van der Waals surface area contributed by atoms with E-state index in [2.05, 4.69) is 6.08 Å². The van der Waals surface area contributed by atoms with E-state index in [0.717, 1.165) is 33.8 Å². The molecule has 0 N–H and O–H groups in total. The monoisotopic (exact) mass is 430 g/mol. The average Bonchev–Trinajstić information content (AvgIpc) is 3.17. The van der Waals surface area contributed by atoms with Gasteiger partial charge in [-0.15, -0.1) is 11.3 Å². The van der Waals surface area contributed by atoms with Crippen LogP contribution in [0.3, 0.4) is 0 Å². The second-order valence-corrected chi connectivity index (χ2v) is 8.63. The molecule has 4 rings (SSSR count). The van der Waals surface area contributed by atoms with E-state index in [4.69, 9.17) is 4.98 Å². The summed E-state index contributed by atoms with van der Waals surface area (Å²) in [6.07, 6.45) is 1.15. The molecule has 0 saturated carbocycles. The van der Waals surface area contributed by atoms with Crippen molar-refractivity contribution >= 4 is 27.5 Å². The highest BCUT2D eigenvalue weighted by atomic mass is 32.1. The van der Waals surface area contributed by atoms with Crippen LogP contribution in [0.4, 0.5) is 13.2 Å². The van der Waals surface area contributed by atoms with Crippen molar-refractivity contribution in [3.05, 3.63) is 76.8 Å². The van der Waals surface area contributed by atoms with E-state index in [0.29, 0.717) is 12.0 Å². The van der Waals surface area contributed by atoms with Crippen molar-refractivity contribution in [3.63, 3.8) is 0 Å². The van der Waals surface area contributed by atoms with Crippen LogP contribution in [-0.4, -0.2) is 22.8 Å². The summed E-state index contributed by atoms with van der Waals surface area (Å²) in [7, 11) is 1.70. The van der Waals surface area contributed by atoms with Crippen LogP contribution >= 0.6 is 11.3 Å². The van der Waals surface area contributed by atoms with Crippen LogP contribution in [0, 0.1) is 5.92 Å². The van der Waals surface area contributed by atoms with Gasteiger partial charge in [0.05, 0.1) is 26.7 Å². The summed E-state index contributed by atoms with van der Waals surface area (Å²) in [5, 5.41) is 0.960. The van der Waals surface area contributed by atoms with Gasteiger partial charge in [0.1, 0.15) is 0 Å². The molecule has 0 spiro atoms. The Labute approximate surface area is 176 Å². The summed E-state index contributed by atoms with van der Waals surface area (Å²) in [6, 6.07) is 12.9. The maximum atomic E-state index is 13.2. The lowest BCUT2D eigenvalue weighted by molar-refractivity contribution is -0.138. The molecule has 0 radical (unpaired) electrons. The number of rotatable bonds is 4. The number of aromatic nitrogens is 1. The number of thiazole rings is 1. The van der Waals surface area contributed by atoms with Gasteiger partial charge in [0, 0.05) is 19.5 Å². The number of hydrogen-bond donors (Lipinski definition) is 0. The summed E-state index contributed by atoms with van der Waals surface area (Å²) >= 11 is 1.62. The Balaban J connectivity index is 1.51. The highest BCUT2D eigenvalue weighted by Crippen LogP contribution is 2.39. The molecule has 2 aromatic carbocycles. The highest BCUT2D eigenvalue weighted by Gasteiger charge is 2.34. The molecule has 1 amide bonds. The molecule has 3 aromatic rings. The fourth-order valence-corrected chi connectivity index (χ4v) is 4.99. The Morgan fingerprint density at radius 1 is 1.10 bits per heavy atom. The quantitative estimate of drug-likeness (QED) is 0.474. The van der Waals surface area contributed by atoms with Gasteiger partial charge in [0.2, 0.25) is 5.91 Å². The predicted octanol–water partition coefficient (Wildman–Crippen LogP) is 6.02. The van der Waals surface area contributed by atoms with Gasteiger partial charge in [0.15, 0.2) is 0 Å². The van der Waals surface area contributed by atoms with E-state index in [1.807, 2.05) is 30.3 Å². The van der Waals surface area contributed by atoms with Gasteiger partial charge in [-0.1, -0.05) is 36.4 Å². The third-order valence-electron chi connectivity index (χ3n) is 5.45. The Kier molecular flexibility index (Phi) is 5.64. The van der Waals surface area contributed by atoms with E-state index in [-0.39, 0.29) is 24.3 Å². The van der Waals surface area contributed by atoms with Crippen LogP contribution in [0.15, 0.2) is 60.7 Å². The van der Waals surface area contributed by atoms with E-state index < -0.39 is 11.7 Å². The first kappa shape index (κ1) is 20.6. The van der Waals surface area contributed by atoms with Crippen molar-refractivity contribution in [3.8, 4) is 0 Å². The first-order valence-electron chi connectivity index (χ1n) is 9.74. The van der Waals surface area contributed by atoms with Gasteiger partial charge < -0.3 is 4.90 Å². The second kappa shape index (κ2) is 8.22. The number of para-hydroxylation sites is 1. The second-order valence-electron chi connectivity index (χ2n) is 7.56. The Bertz CT molecular complexity index is 1040. The van der Waals surface area contributed by atoms with E-state index in [1.54, 1.807) is 23.3 Å². The molecule has 3 nitrogen and oxygen atoms in total. The number of hydrogen-bond acceptors (Lipinski definition) is 3. The third-order valence-corrected chi connectivity index (χ3v) is 6.62. The number of fused-ring (bicyclic) bond motifs is 1. The zero-order valence-corrected chi connectivity index (χ0v) is 17.2. The highest BCUT2D eigenvalue weighted by molar-refractivity contribution is 7.18. The maximum absolute atomic E-state index is 13.2. The minimum absolute atomic E-state index is 0.00922. The average molecular weight is 430 g/mol. The molecule has 1 aliphatic rings. The molecule has 0 unspecified atom stereocenters. The van der Waals surface area contributed by atoms with Crippen molar-refractivity contribution in [1.82, 2.24) is 9.88 Å². The van der Waals surface area contributed by atoms with Crippen LogP contribution in [-0.2, 0) is 17.5 Å². The number of carbonyl (C=O) groups is 1. The molecule has 156 valence electrons. The van der Waals surface area contributed by atoms with Gasteiger partial charge in [-0.25, -0.2) is 4.98 Å². The first-order valence-corrected chi connectivity index (χ1v) is 10.6. The predicted molar refractivity (Wildman–Crippen MR) is 112 cm³/mol. The molecule has 30 heavy (non-hydrogen) atoms. The summed E-state index contributed by atoms with van der Waals surface area (Å²) < 4.78 is 39.4. The zero-order chi connectivity index (χ0) is 21.3. The minimum atomic E-state index is -4.36. The smallest absolute Gasteiger partial charge is 0.341 e. The Morgan fingerprint density at radius 2 is 1.80 bits per heavy atom. The number of amides is 1. The molecular formula is C23H21F3N2OS. The van der Waals surface area contributed by atoms with Crippen LogP contribution < -0.4 is 0 Å². The summed E-state index contributed by atoms with van der Waals surface area (Å²) in [6.45, 7) is 0.268. The van der Waals surface area contributed by atoms with Gasteiger partial charge in [-0.3, -0.25) is 4.79 Å². The summed E-state index contributed by atoms with van der Waals surface area (Å²) in [4.78, 5) is 19.6. The number of carbonyl (C=O) groups excluding carboxylic acids is 1. The van der Waals surface area contributed by atoms with E-state index in [1.165, 1.54) is 12.1 Å². The lowest BCUT2D eigenvalue weighted by Crippen LogP contribution is -2.36. The van der Waals surface area contributed by atoms with Gasteiger partial charge in [0.25, 0.3) is 0 Å². The summed E-state index contributed by atoms with van der Waals surface area (Å²) in [5.74, 6) is -0.228. The van der Waals surface area contributed by atoms with Crippen molar-refractivity contribution < 1.29 is 18.0 Å². The number of allylic oxidation sites excluding steroid dienone is 2. The minimum Gasteiger partial charge on any atom is -0.341 e. The van der Waals surface area contributed by atoms with E-state index in [9.17, 15) is 18.0 Å². The van der Waals surface area contributed by atoms with Crippen LogP contribution in [0.5, 0.6) is 0 Å². The van der Waals surface area contributed by atoms with Crippen LogP contribution in [0.1, 0.15) is 34.9 Å². The van der Waals surface area contributed by atoms with Crippen molar-refractivity contribution in [1.29, 1.82) is 0 Å². The first-order chi connectivity index (χ1) is 14.3. The number of alkyl halides is 3. The molecule has 7 heteroatoms. The molecule has 0 bridgehead atoms. The molecule has 0 fully saturated rings. The van der Waals surface area contributed by atoms with E-state index >= 15 is 0 Å². The maximum Gasteiger partial charge on any atom is 0.416 e. The molecule has 0 aliphatic heterocycles. The van der Waals surface area contributed by atoms with Crippen molar-refractivity contribution in [2.45, 2.75) is 31.5 Å². The molecular weight excluding hydrogens is 409 g/mol. The Morgan fingerprint density at radius 3 is 2.50 bits per heavy atom. The summed E-state index contributed by atoms with van der Waals surface area (Å²) in [5.41, 5.74) is 0.923. The van der Waals surface area contributed by atoms with Crippen LogP contribution in [0.25, 0.3) is 10.2 Å². The molecule has 0 saturated heterocycles. The molecule has 1 heterocycles. The van der Waals surface area contributed by atoms with Crippen molar-refractivity contribution in [2.75, 3.05) is 7.05 Å². The van der Waals surface area contributed by atoms with Gasteiger partial charge in [-0.2, -0.15) is 13.2 Å². The lowest BCUT2D eigenvalue weighted by Gasteiger charge is -2.30. The fourth-order valence-electron chi connectivity index (χ4n) is 3.84.